The average Bonchev–Trinajstić information content (AvgIpc) is 3.09. The molecule has 0 fully saturated rings. The lowest BCUT2D eigenvalue weighted by Gasteiger charge is -2.14. The van der Waals surface area contributed by atoms with Crippen LogP contribution in [0.15, 0.2) is 41.9 Å². The van der Waals surface area contributed by atoms with Gasteiger partial charge in [-0.25, -0.2) is 15.0 Å². The van der Waals surface area contributed by atoms with E-state index in [0.717, 1.165) is 0 Å². The molecule has 1 unspecified atom stereocenters. The number of amides is 1. The number of nitrogens with zero attached hydrogens (tertiary/aromatic N) is 4. The van der Waals surface area contributed by atoms with E-state index in [9.17, 15) is 14.9 Å². The van der Waals surface area contributed by atoms with Crippen LogP contribution >= 0.6 is 11.8 Å². The number of benzene rings is 1. The number of rotatable bonds is 6. The standard InChI is InChI=1S/C15H14N6O3S/c1-2-11(25-15-12-13(17-7-16-12)18-8-19-15)14(22)20-9-4-3-5-10(6-9)21(23)24/h3-8,11H,2H2,1H3,(H,20,22)(H,16,17,18,19). The first kappa shape index (κ1) is 16.8. The second-order valence-corrected chi connectivity index (χ2v) is 6.28. The molecule has 1 aromatic carbocycles. The van der Waals surface area contributed by atoms with Crippen molar-refractivity contribution in [1.29, 1.82) is 0 Å². The van der Waals surface area contributed by atoms with E-state index in [2.05, 4.69) is 25.3 Å². The minimum absolute atomic E-state index is 0.0755. The zero-order chi connectivity index (χ0) is 17.8. The molecule has 9 nitrogen and oxygen atoms in total. The molecule has 0 saturated carbocycles. The van der Waals surface area contributed by atoms with E-state index in [0.29, 0.717) is 28.3 Å². The van der Waals surface area contributed by atoms with Crippen LogP contribution in [0, 0.1) is 10.1 Å². The molecule has 0 aliphatic heterocycles. The van der Waals surface area contributed by atoms with Gasteiger partial charge in [0.25, 0.3) is 5.69 Å². The maximum absolute atomic E-state index is 12.5. The summed E-state index contributed by atoms with van der Waals surface area (Å²) in [5.74, 6) is -0.251. The first-order valence-electron chi connectivity index (χ1n) is 7.44. The molecule has 2 N–H and O–H groups in total. The maximum Gasteiger partial charge on any atom is 0.271 e. The Morgan fingerprint density at radius 3 is 3.00 bits per heavy atom. The third-order valence-corrected chi connectivity index (χ3v) is 4.79. The predicted molar refractivity (Wildman–Crippen MR) is 93.3 cm³/mol. The van der Waals surface area contributed by atoms with Crippen molar-refractivity contribution in [2.45, 2.75) is 23.6 Å². The highest BCUT2D eigenvalue weighted by molar-refractivity contribution is 8.00. The molecular formula is C15H14N6O3S. The topological polar surface area (TPSA) is 127 Å². The number of aromatic amines is 1. The number of nitro groups is 1. The van der Waals surface area contributed by atoms with Crippen LogP contribution in [0.3, 0.4) is 0 Å². The van der Waals surface area contributed by atoms with Crippen LogP contribution in [-0.4, -0.2) is 36.0 Å². The molecule has 2 heterocycles. The van der Waals surface area contributed by atoms with E-state index in [1.807, 2.05) is 6.92 Å². The van der Waals surface area contributed by atoms with Crippen molar-refractivity contribution in [1.82, 2.24) is 19.9 Å². The number of thioether (sulfide) groups is 1. The van der Waals surface area contributed by atoms with Gasteiger partial charge in [0.2, 0.25) is 5.91 Å². The molecule has 0 aliphatic rings. The number of carbonyl (C=O) groups excluding carboxylic acids is 1. The lowest BCUT2D eigenvalue weighted by atomic mass is 10.2. The largest absolute Gasteiger partial charge is 0.341 e. The summed E-state index contributed by atoms with van der Waals surface area (Å²) in [6.45, 7) is 1.88. The van der Waals surface area contributed by atoms with E-state index in [-0.39, 0.29) is 11.6 Å². The molecule has 10 heteroatoms. The number of nitro benzene ring substituents is 1. The molecular weight excluding hydrogens is 344 g/mol. The maximum atomic E-state index is 12.5. The lowest BCUT2D eigenvalue weighted by Crippen LogP contribution is -2.24. The molecule has 0 spiro atoms. The molecule has 0 saturated heterocycles. The lowest BCUT2D eigenvalue weighted by molar-refractivity contribution is -0.384. The van der Waals surface area contributed by atoms with Gasteiger partial charge in [-0.05, 0) is 12.5 Å². The second kappa shape index (κ2) is 7.26. The Bertz CT molecular complexity index is 928. The van der Waals surface area contributed by atoms with Crippen molar-refractivity contribution < 1.29 is 9.72 Å². The van der Waals surface area contributed by atoms with Crippen molar-refractivity contribution in [2.24, 2.45) is 0 Å². The number of fused-ring (bicyclic) bond motifs is 1. The summed E-state index contributed by atoms with van der Waals surface area (Å²) in [5, 5.41) is 13.8. The molecule has 1 amide bonds. The summed E-state index contributed by atoms with van der Waals surface area (Å²) < 4.78 is 0. The number of carbonyl (C=O) groups is 1. The third-order valence-electron chi connectivity index (χ3n) is 3.43. The molecule has 3 rings (SSSR count). The quantitative estimate of drug-likeness (QED) is 0.300. The van der Waals surface area contributed by atoms with Crippen LogP contribution < -0.4 is 5.32 Å². The zero-order valence-corrected chi connectivity index (χ0v) is 14.0. The highest BCUT2D eigenvalue weighted by atomic mass is 32.2. The van der Waals surface area contributed by atoms with Gasteiger partial charge >= 0.3 is 0 Å². The van der Waals surface area contributed by atoms with Gasteiger partial charge in [-0.3, -0.25) is 14.9 Å². The predicted octanol–water partition coefficient (Wildman–Crippen LogP) is 2.77. The normalized spacial score (nSPS) is 12.0. The van der Waals surface area contributed by atoms with Crippen molar-refractivity contribution in [3.05, 3.63) is 47.0 Å². The van der Waals surface area contributed by atoms with Crippen LogP contribution in [0.25, 0.3) is 11.2 Å². The molecule has 0 bridgehead atoms. The van der Waals surface area contributed by atoms with Gasteiger partial charge < -0.3 is 10.3 Å². The first-order valence-corrected chi connectivity index (χ1v) is 8.32. The van der Waals surface area contributed by atoms with Crippen LogP contribution in [0.1, 0.15) is 13.3 Å². The highest BCUT2D eigenvalue weighted by Gasteiger charge is 2.21. The van der Waals surface area contributed by atoms with Crippen LogP contribution in [-0.2, 0) is 4.79 Å². The number of hydrogen-bond acceptors (Lipinski definition) is 7. The molecule has 2 aromatic heterocycles. The summed E-state index contributed by atoms with van der Waals surface area (Å²) in [6.07, 6.45) is 3.48. The molecule has 0 aliphatic carbocycles. The van der Waals surface area contributed by atoms with Gasteiger partial charge in [0.15, 0.2) is 5.65 Å². The van der Waals surface area contributed by atoms with E-state index in [1.54, 1.807) is 6.07 Å². The van der Waals surface area contributed by atoms with E-state index in [4.69, 9.17) is 0 Å². The first-order chi connectivity index (χ1) is 12.1. The molecule has 0 radical (unpaired) electrons. The second-order valence-electron chi connectivity index (χ2n) is 5.09. The fourth-order valence-electron chi connectivity index (χ4n) is 2.21. The number of H-pyrrole nitrogens is 1. The van der Waals surface area contributed by atoms with Gasteiger partial charge in [0.05, 0.1) is 16.5 Å². The fourth-order valence-corrected chi connectivity index (χ4v) is 3.19. The fraction of sp³-hybridized carbons (Fsp3) is 0.200. The molecule has 25 heavy (non-hydrogen) atoms. The Hall–Kier alpha value is -3.01. The smallest absolute Gasteiger partial charge is 0.271 e. The number of aromatic nitrogens is 4. The summed E-state index contributed by atoms with van der Waals surface area (Å²) in [4.78, 5) is 38.1. The Morgan fingerprint density at radius 2 is 2.24 bits per heavy atom. The summed E-state index contributed by atoms with van der Waals surface area (Å²) in [6, 6.07) is 5.84. The Balaban J connectivity index is 1.76. The van der Waals surface area contributed by atoms with Gasteiger partial charge in [0, 0.05) is 17.8 Å². The molecule has 3 aromatic rings. The zero-order valence-electron chi connectivity index (χ0n) is 13.2. The average molecular weight is 358 g/mol. The van der Waals surface area contributed by atoms with Gasteiger partial charge in [-0.1, -0.05) is 24.8 Å². The van der Waals surface area contributed by atoms with Crippen LogP contribution in [0.4, 0.5) is 11.4 Å². The van der Waals surface area contributed by atoms with Crippen LogP contribution in [0.5, 0.6) is 0 Å². The number of nitrogens with one attached hydrogen (secondary N) is 2. The Kier molecular flexibility index (Phi) is 4.89. The minimum Gasteiger partial charge on any atom is -0.341 e. The molecule has 128 valence electrons. The Morgan fingerprint density at radius 1 is 1.40 bits per heavy atom. The van der Waals surface area contributed by atoms with Gasteiger partial charge in [-0.15, -0.1) is 0 Å². The summed E-state index contributed by atoms with van der Waals surface area (Å²) in [7, 11) is 0. The third kappa shape index (κ3) is 3.74. The highest BCUT2D eigenvalue weighted by Crippen LogP contribution is 2.29. The van der Waals surface area contributed by atoms with Crippen molar-refractivity contribution in [2.75, 3.05) is 5.32 Å². The van der Waals surface area contributed by atoms with Gasteiger partial charge in [-0.2, -0.15) is 0 Å². The van der Waals surface area contributed by atoms with Crippen molar-refractivity contribution in [3.8, 4) is 0 Å². The summed E-state index contributed by atoms with van der Waals surface area (Å²) >= 11 is 1.29. The van der Waals surface area contributed by atoms with Gasteiger partial charge in [0.1, 0.15) is 16.9 Å². The number of non-ortho nitro benzene ring substituents is 1. The van der Waals surface area contributed by atoms with Crippen LogP contribution in [0.2, 0.25) is 0 Å². The van der Waals surface area contributed by atoms with Crippen molar-refractivity contribution in [3.63, 3.8) is 0 Å². The van der Waals surface area contributed by atoms with E-state index < -0.39 is 10.2 Å². The number of imidazole rings is 1. The SMILES string of the molecule is CCC(Sc1ncnc2nc[nH]c12)C(=O)Nc1cccc([N+](=O)[O-])c1. The number of anilines is 1. The minimum atomic E-state index is -0.502. The van der Waals surface area contributed by atoms with E-state index >= 15 is 0 Å². The summed E-state index contributed by atoms with van der Waals surface area (Å²) in [5.41, 5.74) is 1.52. The van der Waals surface area contributed by atoms with E-state index in [1.165, 1.54) is 42.6 Å². The van der Waals surface area contributed by atoms with Crippen molar-refractivity contribution >= 4 is 40.2 Å². The Labute approximate surface area is 146 Å². The molecule has 1 atom stereocenters. The number of hydrogen-bond donors (Lipinski definition) is 2. The monoisotopic (exact) mass is 358 g/mol.